The van der Waals surface area contributed by atoms with E-state index < -0.39 is 10.2 Å². The molecule has 0 aromatic heterocycles. The number of ether oxygens (including phenoxy) is 1. The second-order valence-electron chi connectivity index (χ2n) is 4.49. The van der Waals surface area contributed by atoms with Gasteiger partial charge in [-0.15, -0.1) is 0 Å². The first kappa shape index (κ1) is 14.8. The Morgan fingerprint density at radius 1 is 1.35 bits per heavy atom. The number of nitrogens with zero attached hydrogens (tertiary/aromatic N) is 2. The van der Waals surface area contributed by atoms with E-state index in [1.807, 2.05) is 0 Å². The molecule has 1 saturated heterocycles. The molecule has 1 aromatic carbocycles. The summed E-state index contributed by atoms with van der Waals surface area (Å²) >= 11 is 0. The Morgan fingerprint density at radius 3 is 2.85 bits per heavy atom. The van der Waals surface area contributed by atoms with Crippen molar-refractivity contribution in [1.29, 1.82) is 0 Å². The normalized spacial score (nSPS) is 18.8. The van der Waals surface area contributed by atoms with Gasteiger partial charge in [-0.3, -0.25) is 4.31 Å². The van der Waals surface area contributed by atoms with Gasteiger partial charge in [0.2, 0.25) is 0 Å². The van der Waals surface area contributed by atoms with Crippen molar-refractivity contribution in [3.8, 4) is 5.75 Å². The molecule has 6 nitrogen and oxygen atoms in total. The largest absolute Gasteiger partial charge is 0.497 e. The lowest BCUT2D eigenvalue weighted by molar-refractivity contribution is -0.107. The Labute approximate surface area is 119 Å². The first-order valence-corrected chi connectivity index (χ1v) is 7.85. The highest BCUT2D eigenvalue weighted by atomic mass is 32.2. The molecule has 0 unspecified atom stereocenters. The van der Waals surface area contributed by atoms with Gasteiger partial charge < -0.3 is 9.53 Å². The molecule has 1 aromatic rings. The number of hydrogen-bond donors (Lipinski definition) is 0. The first-order valence-electron chi connectivity index (χ1n) is 6.45. The topological polar surface area (TPSA) is 66.9 Å². The summed E-state index contributed by atoms with van der Waals surface area (Å²) in [5.41, 5.74) is 0.583. The van der Waals surface area contributed by atoms with Gasteiger partial charge >= 0.3 is 10.2 Å². The summed E-state index contributed by atoms with van der Waals surface area (Å²) in [5.74, 6) is 0.614. The predicted octanol–water partition coefficient (Wildman–Crippen LogP) is 1.04. The fourth-order valence-electron chi connectivity index (χ4n) is 2.21. The van der Waals surface area contributed by atoms with Crippen LogP contribution in [0.25, 0.3) is 0 Å². The molecular formula is C13H18N2O4S. The van der Waals surface area contributed by atoms with Gasteiger partial charge in [-0.2, -0.15) is 12.7 Å². The minimum absolute atomic E-state index is 0.213. The minimum atomic E-state index is -3.56. The van der Waals surface area contributed by atoms with Crippen molar-refractivity contribution in [3.63, 3.8) is 0 Å². The van der Waals surface area contributed by atoms with Gasteiger partial charge in [0, 0.05) is 32.1 Å². The number of anilines is 1. The van der Waals surface area contributed by atoms with Crippen molar-refractivity contribution in [1.82, 2.24) is 4.31 Å². The SMILES string of the molecule is COc1cccc(N2CCCN(CCC=O)S2(=O)=O)c1. The van der Waals surface area contributed by atoms with E-state index in [1.54, 1.807) is 31.4 Å². The molecule has 1 fully saturated rings. The van der Waals surface area contributed by atoms with Gasteiger partial charge in [0.25, 0.3) is 0 Å². The van der Waals surface area contributed by atoms with Crippen LogP contribution in [0.1, 0.15) is 12.8 Å². The van der Waals surface area contributed by atoms with Crippen LogP contribution in [0.15, 0.2) is 24.3 Å². The van der Waals surface area contributed by atoms with Crippen molar-refractivity contribution >= 4 is 22.2 Å². The lowest BCUT2D eigenvalue weighted by Gasteiger charge is -2.35. The maximum atomic E-state index is 12.5. The summed E-state index contributed by atoms with van der Waals surface area (Å²) < 4.78 is 32.9. The second-order valence-corrected chi connectivity index (χ2v) is 6.34. The van der Waals surface area contributed by atoms with Crippen LogP contribution in [0.4, 0.5) is 5.69 Å². The summed E-state index contributed by atoms with van der Waals surface area (Å²) in [5, 5.41) is 0. The van der Waals surface area contributed by atoms with Gasteiger partial charge in [-0.25, -0.2) is 0 Å². The molecular weight excluding hydrogens is 280 g/mol. The quantitative estimate of drug-likeness (QED) is 0.762. The van der Waals surface area contributed by atoms with Crippen molar-refractivity contribution in [2.45, 2.75) is 12.8 Å². The molecule has 0 spiro atoms. The third-order valence-corrected chi connectivity index (χ3v) is 5.18. The predicted molar refractivity (Wildman–Crippen MR) is 76.1 cm³/mol. The molecule has 1 aliphatic heterocycles. The number of methoxy groups -OCH3 is 1. The Bertz CT molecular complexity index is 573. The van der Waals surface area contributed by atoms with Crippen molar-refractivity contribution in [2.75, 3.05) is 31.0 Å². The smallest absolute Gasteiger partial charge is 0.304 e. The molecule has 0 aliphatic carbocycles. The van der Waals surface area contributed by atoms with Gasteiger partial charge in [0.05, 0.1) is 12.8 Å². The average molecular weight is 298 g/mol. The zero-order valence-corrected chi connectivity index (χ0v) is 12.2. The number of benzene rings is 1. The molecule has 0 radical (unpaired) electrons. The Balaban J connectivity index is 2.28. The highest BCUT2D eigenvalue weighted by Crippen LogP contribution is 2.27. The van der Waals surface area contributed by atoms with Crippen LogP contribution in [0.3, 0.4) is 0 Å². The number of hydrogen-bond acceptors (Lipinski definition) is 4. The highest BCUT2D eigenvalue weighted by molar-refractivity contribution is 7.90. The second kappa shape index (κ2) is 6.23. The maximum Gasteiger partial charge on any atom is 0.304 e. The Hall–Kier alpha value is -1.60. The van der Waals surface area contributed by atoms with E-state index in [2.05, 4.69) is 0 Å². The van der Waals surface area contributed by atoms with E-state index in [0.717, 1.165) is 12.7 Å². The molecule has 7 heteroatoms. The summed E-state index contributed by atoms with van der Waals surface area (Å²) in [6.07, 6.45) is 1.68. The third kappa shape index (κ3) is 2.94. The Kier molecular flexibility index (Phi) is 4.61. The zero-order chi connectivity index (χ0) is 14.6. The zero-order valence-electron chi connectivity index (χ0n) is 11.4. The van der Waals surface area contributed by atoms with E-state index in [1.165, 1.54) is 8.61 Å². The fraction of sp³-hybridized carbons (Fsp3) is 0.462. The van der Waals surface area contributed by atoms with Crippen LogP contribution in [0, 0.1) is 0 Å². The molecule has 0 N–H and O–H groups in total. The average Bonchev–Trinajstić information content (AvgIpc) is 2.45. The van der Waals surface area contributed by atoms with E-state index >= 15 is 0 Å². The van der Waals surface area contributed by atoms with Crippen molar-refractivity contribution in [3.05, 3.63) is 24.3 Å². The van der Waals surface area contributed by atoms with Gasteiger partial charge in [-0.05, 0) is 18.6 Å². The summed E-state index contributed by atoms with van der Waals surface area (Å²) in [4.78, 5) is 10.4. The number of carbonyl (C=O) groups excluding carboxylic acids is 1. The molecule has 2 rings (SSSR count). The first-order chi connectivity index (χ1) is 9.59. The lowest BCUT2D eigenvalue weighted by atomic mass is 10.3. The molecule has 1 heterocycles. The van der Waals surface area contributed by atoms with E-state index in [9.17, 15) is 13.2 Å². The van der Waals surface area contributed by atoms with E-state index in [4.69, 9.17) is 4.74 Å². The highest BCUT2D eigenvalue weighted by Gasteiger charge is 2.33. The van der Waals surface area contributed by atoms with Gasteiger partial charge in [0.15, 0.2) is 0 Å². The van der Waals surface area contributed by atoms with Crippen LogP contribution in [-0.4, -0.2) is 45.8 Å². The van der Waals surface area contributed by atoms with Crippen molar-refractivity contribution in [2.24, 2.45) is 0 Å². The summed E-state index contributed by atoms with van der Waals surface area (Å²) in [6.45, 7) is 1.12. The number of rotatable bonds is 5. The minimum Gasteiger partial charge on any atom is -0.497 e. The van der Waals surface area contributed by atoms with Crippen LogP contribution in [-0.2, 0) is 15.0 Å². The van der Waals surface area contributed by atoms with Crippen molar-refractivity contribution < 1.29 is 17.9 Å². The molecule has 20 heavy (non-hydrogen) atoms. The molecule has 0 bridgehead atoms. The third-order valence-electron chi connectivity index (χ3n) is 3.21. The molecule has 110 valence electrons. The fourth-order valence-corrected chi connectivity index (χ4v) is 3.93. The molecule has 1 aliphatic rings. The Morgan fingerprint density at radius 2 is 2.15 bits per heavy atom. The van der Waals surface area contributed by atoms with Crippen LogP contribution in [0.2, 0.25) is 0 Å². The monoisotopic (exact) mass is 298 g/mol. The van der Waals surface area contributed by atoms with Gasteiger partial charge in [0.1, 0.15) is 12.0 Å². The molecule has 0 atom stereocenters. The van der Waals surface area contributed by atoms with Crippen LogP contribution < -0.4 is 9.04 Å². The van der Waals surface area contributed by atoms with E-state index in [-0.39, 0.29) is 13.0 Å². The summed E-state index contributed by atoms with van der Waals surface area (Å²) in [6, 6.07) is 6.96. The molecule has 0 amide bonds. The standard InChI is InChI=1S/C13H18N2O4S/c1-19-13-6-2-5-12(11-13)15-9-3-7-14(8-4-10-16)20(15,17)18/h2,5-6,10-11H,3-4,7-9H2,1H3. The number of aldehydes is 1. The van der Waals surface area contributed by atoms with Crippen LogP contribution >= 0.6 is 0 Å². The van der Waals surface area contributed by atoms with E-state index in [0.29, 0.717) is 24.5 Å². The van der Waals surface area contributed by atoms with Gasteiger partial charge in [-0.1, -0.05) is 6.07 Å². The molecule has 0 saturated carbocycles. The number of carbonyl (C=O) groups is 1. The lowest BCUT2D eigenvalue weighted by Crippen LogP contribution is -2.50. The van der Waals surface area contributed by atoms with Crippen LogP contribution in [0.5, 0.6) is 5.75 Å². The maximum absolute atomic E-state index is 12.5. The summed E-state index contributed by atoms with van der Waals surface area (Å²) in [7, 11) is -2.02.